The van der Waals surface area contributed by atoms with Crippen molar-refractivity contribution >= 4 is 0 Å². The summed E-state index contributed by atoms with van der Waals surface area (Å²) in [6, 6.07) is 0. The molecular weight excluding hydrogens is 216 g/mol. The number of rotatable bonds is 2. The maximum absolute atomic E-state index is 3.96. The molecule has 18 heavy (non-hydrogen) atoms. The zero-order chi connectivity index (χ0) is 12.6. The molecule has 2 aliphatic carbocycles. The Bertz CT molecular complexity index is 319. The molecule has 0 amide bonds. The summed E-state index contributed by atoms with van der Waals surface area (Å²) >= 11 is 0. The van der Waals surface area contributed by atoms with Gasteiger partial charge >= 0.3 is 0 Å². The van der Waals surface area contributed by atoms with Gasteiger partial charge in [0.1, 0.15) is 0 Å². The van der Waals surface area contributed by atoms with Crippen molar-refractivity contribution in [2.75, 3.05) is 0 Å². The van der Waals surface area contributed by atoms with Crippen LogP contribution in [0, 0.1) is 5.92 Å². The standard InChI is InChI=1S/C18H28/c1-2-16-10-8-14-18(15-9-11-16)17-12-6-4-3-5-7-13-17/h2,12,14,16H,1,3-11,13,15H2/b17-12+,18-14+. The average Bonchev–Trinajstić information content (AvgIpc) is 2.30. The van der Waals surface area contributed by atoms with Crippen LogP contribution in [0.2, 0.25) is 0 Å². The lowest BCUT2D eigenvalue weighted by Gasteiger charge is -2.20. The smallest absolute Gasteiger partial charge is 0.0233 e. The molecule has 0 aliphatic heterocycles. The summed E-state index contributed by atoms with van der Waals surface area (Å²) in [6.45, 7) is 3.96. The average molecular weight is 244 g/mol. The predicted octanol–water partition coefficient (Wildman–Crippen LogP) is 5.96. The summed E-state index contributed by atoms with van der Waals surface area (Å²) in [6.07, 6.45) is 22.1. The van der Waals surface area contributed by atoms with E-state index in [2.05, 4.69) is 24.8 Å². The highest BCUT2D eigenvalue weighted by atomic mass is 14.2. The third kappa shape index (κ3) is 4.15. The highest BCUT2D eigenvalue weighted by Crippen LogP contribution is 2.30. The minimum Gasteiger partial charge on any atom is -0.103 e. The molecule has 0 heterocycles. The van der Waals surface area contributed by atoms with Gasteiger partial charge in [-0.1, -0.05) is 31.1 Å². The zero-order valence-corrected chi connectivity index (χ0v) is 11.8. The van der Waals surface area contributed by atoms with E-state index in [-0.39, 0.29) is 0 Å². The summed E-state index contributed by atoms with van der Waals surface area (Å²) in [5, 5.41) is 0. The topological polar surface area (TPSA) is 0 Å². The minimum atomic E-state index is 0.758. The lowest BCUT2D eigenvalue weighted by molar-refractivity contribution is 0.514. The van der Waals surface area contributed by atoms with E-state index in [9.17, 15) is 0 Å². The molecule has 0 N–H and O–H groups in total. The van der Waals surface area contributed by atoms with Gasteiger partial charge in [-0.2, -0.15) is 0 Å². The van der Waals surface area contributed by atoms with Crippen molar-refractivity contribution in [2.45, 2.75) is 70.6 Å². The van der Waals surface area contributed by atoms with E-state index in [1.54, 1.807) is 11.1 Å². The van der Waals surface area contributed by atoms with Crippen LogP contribution in [-0.4, -0.2) is 0 Å². The summed E-state index contributed by atoms with van der Waals surface area (Å²) in [4.78, 5) is 0. The van der Waals surface area contributed by atoms with Gasteiger partial charge in [-0.05, 0) is 74.9 Å². The second kappa shape index (κ2) is 7.61. The Labute approximate surface area is 113 Å². The molecule has 0 bridgehead atoms. The first-order valence-electron chi connectivity index (χ1n) is 7.91. The molecule has 0 saturated heterocycles. The van der Waals surface area contributed by atoms with Crippen molar-refractivity contribution in [1.82, 2.24) is 0 Å². The van der Waals surface area contributed by atoms with Crippen LogP contribution in [0.5, 0.6) is 0 Å². The van der Waals surface area contributed by atoms with E-state index >= 15 is 0 Å². The summed E-state index contributed by atoms with van der Waals surface area (Å²) in [5.74, 6) is 0.758. The second-order valence-electron chi connectivity index (χ2n) is 5.88. The predicted molar refractivity (Wildman–Crippen MR) is 80.6 cm³/mol. The van der Waals surface area contributed by atoms with Crippen molar-refractivity contribution in [2.24, 2.45) is 5.92 Å². The van der Waals surface area contributed by atoms with E-state index in [1.807, 2.05) is 0 Å². The zero-order valence-electron chi connectivity index (χ0n) is 11.8. The fraction of sp³-hybridized carbons (Fsp3) is 0.667. The van der Waals surface area contributed by atoms with Crippen LogP contribution in [0.4, 0.5) is 0 Å². The minimum absolute atomic E-state index is 0.758. The highest BCUT2D eigenvalue weighted by Gasteiger charge is 2.12. The van der Waals surface area contributed by atoms with Crippen molar-refractivity contribution in [1.29, 1.82) is 0 Å². The van der Waals surface area contributed by atoms with Gasteiger partial charge in [0.15, 0.2) is 0 Å². The van der Waals surface area contributed by atoms with Crippen molar-refractivity contribution < 1.29 is 0 Å². The number of hydrogen-bond acceptors (Lipinski definition) is 0. The molecule has 0 saturated carbocycles. The molecule has 1 unspecified atom stereocenters. The molecule has 2 aliphatic rings. The van der Waals surface area contributed by atoms with Gasteiger partial charge in [-0.15, -0.1) is 6.58 Å². The maximum atomic E-state index is 3.96. The van der Waals surface area contributed by atoms with Crippen molar-refractivity contribution in [3.05, 3.63) is 36.0 Å². The molecule has 0 fully saturated rings. The van der Waals surface area contributed by atoms with Crippen LogP contribution in [0.25, 0.3) is 0 Å². The largest absolute Gasteiger partial charge is 0.103 e. The summed E-state index contributed by atoms with van der Waals surface area (Å²) in [7, 11) is 0. The van der Waals surface area contributed by atoms with Gasteiger partial charge in [0.25, 0.3) is 0 Å². The molecular formula is C18H28. The third-order valence-electron chi connectivity index (χ3n) is 4.49. The van der Waals surface area contributed by atoms with E-state index < -0.39 is 0 Å². The van der Waals surface area contributed by atoms with Crippen molar-refractivity contribution in [3.8, 4) is 0 Å². The van der Waals surface area contributed by atoms with Gasteiger partial charge < -0.3 is 0 Å². The number of allylic oxidation sites excluding steroid dienone is 5. The summed E-state index contributed by atoms with van der Waals surface area (Å²) < 4.78 is 0. The Morgan fingerprint density at radius 1 is 0.833 bits per heavy atom. The quantitative estimate of drug-likeness (QED) is 0.526. The molecule has 100 valence electrons. The second-order valence-corrected chi connectivity index (χ2v) is 5.88. The van der Waals surface area contributed by atoms with E-state index in [1.165, 1.54) is 70.6 Å². The Morgan fingerprint density at radius 2 is 1.56 bits per heavy atom. The lowest BCUT2D eigenvalue weighted by Crippen LogP contribution is -2.02. The molecule has 0 radical (unpaired) electrons. The molecule has 0 aromatic heterocycles. The molecule has 0 heteroatoms. The van der Waals surface area contributed by atoms with Crippen LogP contribution in [0.3, 0.4) is 0 Å². The van der Waals surface area contributed by atoms with Crippen LogP contribution in [0.15, 0.2) is 36.0 Å². The van der Waals surface area contributed by atoms with E-state index in [4.69, 9.17) is 0 Å². The van der Waals surface area contributed by atoms with Crippen LogP contribution in [0.1, 0.15) is 70.6 Å². The molecule has 0 nitrogen and oxygen atoms in total. The van der Waals surface area contributed by atoms with E-state index in [0.717, 1.165) is 5.92 Å². The Kier molecular flexibility index (Phi) is 5.77. The van der Waals surface area contributed by atoms with Gasteiger partial charge in [0, 0.05) is 0 Å². The SMILES string of the molecule is C=CC1CC/C=C(/C2=C/CCCCCC2)CCC1. The van der Waals surface area contributed by atoms with Crippen molar-refractivity contribution in [3.63, 3.8) is 0 Å². The van der Waals surface area contributed by atoms with Gasteiger partial charge in [-0.3, -0.25) is 0 Å². The van der Waals surface area contributed by atoms with E-state index in [0.29, 0.717) is 0 Å². The Morgan fingerprint density at radius 3 is 2.39 bits per heavy atom. The maximum Gasteiger partial charge on any atom is -0.0233 e. The molecule has 0 aromatic rings. The first-order chi connectivity index (χ1) is 8.90. The molecule has 2 rings (SSSR count). The van der Waals surface area contributed by atoms with Gasteiger partial charge in [0.05, 0.1) is 0 Å². The fourth-order valence-electron chi connectivity index (χ4n) is 3.28. The first kappa shape index (κ1) is 13.6. The van der Waals surface area contributed by atoms with Crippen LogP contribution in [-0.2, 0) is 0 Å². The third-order valence-corrected chi connectivity index (χ3v) is 4.49. The molecule has 0 aromatic carbocycles. The molecule has 0 spiro atoms. The fourth-order valence-corrected chi connectivity index (χ4v) is 3.28. The number of hydrogen-bond donors (Lipinski definition) is 0. The van der Waals surface area contributed by atoms with Crippen LogP contribution >= 0.6 is 0 Å². The Hall–Kier alpha value is -0.780. The van der Waals surface area contributed by atoms with Gasteiger partial charge in [0.2, 0.25) is 0 Å². The van der Waals surface area contributed by atoms with Crippen LogP contribution < -0.4 is 0 Å². The lowest BCUT2D eigenvalue weighted by atomic mass is 9.86. The summed E-state index contributed by atoms with van der Waals surface area (Å²) in [5.41, 5.74) is 3.37. The normalized spacial score (nSPS) is 32.8. The highest BCUT2D eigenvalue weighted by molar-refractivity contribution is 5.31. The van der Waals surface area contributed by atoms with Gasteiger partial charge in [-0.25, -0.2) is 0 Å². The monoisotopic (exact) mass is 244 g/mol. The Balaban J connectivity index is 1.99. The molecule has 1 atom stereocenters. The first-order valence-corrected chi connectivity index (χ1v) is 7.91.